The second-order valence-electron chi connectivity index (χ2n) is 3.43. The predicted molar refractivity (Wildman–Crippen MR) is 67.0 cm³/mol. The number of hydrogen-bond donors (Lipinski definition) is 1. The summed E-state index contributed by atoms with van der Waals surface area (Å²) in [4.78, 5) is 4.61. The Labute approximate surface area is 101 Å². The first kappa shape index (κ1) is 12.9. The van der Waals surface area contributed by atoms with Gasteiger partial charge in [0.25, 0.3) is 0 Å². The maximum Gasteiger partial charge on any atom is 0.133 e. The monoisotopic (exact) mass is 240 g/mol. The molecule has 1 aromatic heterocycles. The Balaban J connectivity index is 2.99. The molecule has 0 aliphatic rings. The van der Waals surface area contributed by atoms with Gasteiger partial charge in [-0.3, -0.25) is 4.98 Å². The number of aryl methyl sites for hydroxylation is 2. The Morgan fingerprint density at radius 2 is 2.12 bits per heavy atom. The molecule has 0 unspecified atom stereocenters. The number of hydrogen-bond acceptors (Lipinski definition) is 4. The van der Waals surface area contributed by atoms with Crippen LogP contribution in [-0.4, -0.2) is 30.3 Å². The summed E-state index contributed by atoms with van der Waals surface area (Å²) in [5.74, 6) is 0.676. The number of methoxy groups -OCH3 is 1. The molecule has 0 fully saturated rings. The molecule has 1 heterocycles. The maximum atomic E-state index is 5.65. The molecule has 0 amide bonds. The van der Waals surface area contributed by atoms with E-state index in [9.17, 15) is 0 Å². The number of rotatable bonds is 5. The van der Waals surface area contributed by atoms with E-state index in [1.54, 1.807) is 7.11 Å². The highest BCUT2D eigenvalue weighted by molar-refractivity contribution is 7.80. The van der Waals surface area contributed by atoms with Crippen LogP contribution in [0.4, 0.5) is 0 Å². The highest BCUT2D eigenvalue weighted by atomic mass is 32.1. The average Bonchev–Trinajstić information content (AvgIpc) is 2.16. The smallest absolute Gasteiger partial charge is 0.133 e. The molecule has 88 valence electrons. The van der Waals surface area contributed by atoms with Crippen LogP contribution in [-0.2, 0) is 4.74 Å². The molecule has 0 saturated heterocycles. The van der Waals surface area contributed by atoms with Crippen LogP contribution in [0, 0.1) is 13.8 Å². The number of aromatic nitrogens is 1. The molecule has 0 radical (unpaired) electrons. The van der Waals surface area contributed by atoms with Crippen LogP contribution < -0.4 is 10.5 Å². The summed E-state index contributed by atoms with van der Waals surface area (Å²) in [7, 11) is 1.63. The van der Waals surface area contributed by atoms with Gasteiger partial charge in [0.05, 0.1) is 17.9 Å². The fourth-order valence-corrected chi connectivity index (χ4v) is 1.69. The Kier molecular flexibility index (Phi) is 4.64. The van der Waals surface area contributed by atoms with Gasteiger partial charge < -0.3 is 15.2 Å². The highest BCUT2D eigenvalue weighted by Gasteiger charge is 2.12. The van der Waals surface area contributed by atoms with Crippen LogP contribution in [0.1, 0.15) is 17.0 Å². The first-order valence-electron chi connectivity index (χ1n) is 4.96. The van der Waals surface area contributed by atoms with Gasteiger partial charge in [-0.25, -0.2) is 0 Å². The minimum Gasteiger partial charge on any atom is -0.490 e. The fraction of sp³-hybridized carbons (Fsp3) is 0.455. The molecule has 4 nitrogen and oxygen atoms in total. The van der Waals surface area contributed by atoms with Gasteiger partial charge in [0, 0.05) is 18.9 Å². The van der Waals surface area contributed by atoms with Crippen molar-refractivity contribution in [3.63, 3.8) is 0 Å². The van der Waals surface area contributed by atoms with E-state index < -0.39 is 0 Å². The summed E-state index contributed by atoms with van der Waals surface area (Å²) in [6.45, 7) is 4.76. The van der Waals surface area contributed by atoms with Crippen LogP contribution in [0.15, 0.2) is 6.07 Å². The molecular weight excluding hydrogens is 224 g/mol. The molecule has 16 heavy (non-hydrogen) atoms. The zero-order valence-corrected chi connectivity index (χ0v) is 10.6. The van der Waals surface area contributed by atoms with Gasteiger partial charge in [0.15, 0.2) is 0 Å². The average molecular weight is 240 g/mol. The second kappa shape index (κ2) is 5.77. The maximum absolute atomic E-state index is 5.65. The van der Waals surface area contributed by atoms with Crippen molar-refractivity contribution in [2.75, 3.05) is 20.3 Å². The van der Waals surface area contributed by atoms with Crippen molar-refractivity contribution >= 4 is 17.2 Å². The number of nitrogens with two attached hydrogens (primary N) is 1. The van der Waals surface area contributed by atoms with Gasteiger partial charge in [-0.15, -0.1) is 0 Å². The van der Waals surface area contributed by atoms with Gasteiger partial charge in [-0.05, 0) is 13.8 Å². The van der Waals surface area contributed by atoms with E-state index in [4.69, 9.17) is 27.4 Å². The lowest BCUT2D eigenvalue weighted by Crippen LogP contribution is -2.16. The minimum absolute atomic E-state index is 0.303. The van der Waals surface area contributed by atoms with Gasteiger partial charge >= 0.3 is 0 Å². The fourth-order valence-electron chi connectivity index (χ4n) is 1.44. The first-order valence-corrected chi connectivity index (χ1v) is 5.37. The molecule has 1 aromatic rings. The summed E-state index contributed by atoms with van der Waals surface area (Å²) in [5.41, 5.74) is 8.03. The van der Waals surface area contributed by atoms with Gasteiger partial charge in [-0.2, -0.15) is 0 Å². The molecule has 0 spiro atoms. The van der Waals surface area contributed by atoms with Gasteiger partial charge in [-0.1, -0.05) is 12.2 Å². The molecule has 0 bridgehead atoms. The van der Waals surface area contributed by atoms with Crippen molar-refractivity contribution in [1.29, 1.82) is 0 Å². The molecule has 0 aliphatic carbocycles. The quantitative estimate of drug-likeness (QED) is 0.622. The lowest BCUT2D eigenvalue weighted by Gasteiger charge is -2.13. The topological polar surface area (TPSA) is 57.4 Å². The van der Waals surface area contributed by atoms with Crippen LogP contribution in [0.5, 0.6) is 5.75 Å². The number of nitrogens with zero attached hydrogens (tertiary/aromatic N) is 1. The van der Waals surface area contributed by atoms with Crippen LogP contribution in [0.25, 0.3) is 0 Å². The Hall–Kier alpha value is -1.20. The summed E-state index contributed by atoms with van der Waals surface area (Å²) < 4.78 is 10.5. The third kappa shape index (κ3) is 3.15. The molecule has 0 atom stereocenters. The van der Waals surface area contributed by atoms with Crippen molar-refractivity contribution < 1.29 is 9.47 Å². The van der Waals surface area contributed by atoms with E-state index in [1.165, 1.54) is 0 Å². The Morgan fingerprint density at radius 1 is 1.44 bits per heavy atom. The molecule has 5 heteroatoms. The SMILES string of the molecule is COCCOc1cc(C)nc(C)c1C(N)=S. The molecule has 0 saturated carbocycles. The van der Waals surface area contributed by atoms with Crippen LogP contribution in [0.3, 0.4) is 0 Å². The van der Waals surface area contributed by atoms with Crippen molar-refractivity contribution in [2.45, 2.75) is 13.8 Å². The molecule has 0 aliphatic heterocycles. The number of ether oxygens (including phenoxy) is 2. The molecular formula is C11H16N2O2S. The second-order valence-corrected chi connectivity index (χ2v) is 3.87. The van der Waals surface area contributed by atoms with E-state index in [1.807, 2.05) is 19.9 Å². The lowest BCUT2D eigenvalue weighted by molar-refractivity contribution is 0.146. The standard InChI is InChI=1S/C11H16N2O2S/c1-7-6-9(15-5-4-14-3)10(11(12)16)8(2)13-7/h6H,4-5H2,1-3H3,(H2,12,16). The number of thiocarbonyl (C=S) groups is 1. The largest absolute Gasteiger partial charge is 0.490 e. The summed E-state index contributed by atoms with van der Waals surface area (Å²) in [6.07, 6.45) is 0. The van der Waals surface area contributed by atoms with Gasteiger partial charge in [0.1, 0.15) is 17.3 Å². The van der Waals surface area contributed by atoms with E-state index >= 15 is 0 Å². The van der Waals surface area contributed by atoms with Crippen molar-refractivity contribution in [3.8, 4) is 5.75 Å². The summed E-state index contributed by atoms with van der Waals surface area (Å²) in [5, 5.41) is 0. The highest BCUT2D eigenvalue weighted by Crippen LogP contribution is 2.22. The Bertz CT molecular complexity index is 394. The molecule has 0 aromatic carbocycles. The van der Waals surface area contributed by atoms with Gasteiger partial charge in [0.2, 0.25) is 0 Å². The van der Waals surface area contributed by atoms with E-state index in [0.29, 0.717) is 29.5 Å². The molecule has 1 rings (SSSR count). The predicted octanol–water partition coefficient (Wildman–Crippen LogP) is 1.36. The van der Waals surface area contributed by atoms with Crippen LogP contribution >= 0.6 is 12.2 Å². The van der Waals surface area contributed by atoms with E-state index in [0.717, 1.165) is 11.4 Å². The first-order chi connectivity index (χ1) is 7.56. The Morgan fingerprint density at radius 3 is 2.69 bits per heavy atom. The lowest BCUT2D eigenvalue weighted by atomic mass is 10.1. The normalized spacial score (nSPS) is 10.2. The zero-order chi connectivity index (χ0) is 12.1. The third-order valence-corrected chi connectivity index (χ3v) is 2.29. The number of pyridine rings is 1. The summed E-state index contributed by atoms with van der Waals surface area (Å²) in [6, 6.07) is 1.83. The van der Waals surface area contributed by atoms with Crippen molar-refractivity contribution in [3.05, 3.63) is 23.0 Å². The van der Waals surface area contributed by atoms with Crippen molar-refractivity contribution in [1.82, 2.24) is 4.98 Å². The molecule has 2 N–H and O–H groups in total. The minimum atomic E-state index is 0.303. The third-order valence-electron chi connectivity index (χ3n) is 2.08. The van der Waals surface area contributed by atoms with Crippen molar-refractivity contribution in [2.24, 2.45) is 5.73 Å². The summed E-state index contributed by atoms with van der Waals surface area (Å²) >= 11 is 4.99. The van der Waals surface area contributed by atoms with Crippen LogP contribution in [0.2, 0.25) is 0 Å². The van der Waals surface area contributed by atoms with E-state index in [2.05, 4.69) is 4.98 Å². The van der Waals surface area contributed by atoms with E-state index in [-0.39, 0.29) is 0 Å². The zero-order valence-electron chi connectivity index (χ0n) is 9.74.